The Bertz CT molecular complexity index is 622. The highest BCUT2D eigenvalue weighted by Gasteiger charge is 2.19. The molecule has 1 N–H and O–H groups in total. The minimum Gasteiger partial charge on any atom is -0.354 e. The monoisotopic (exact) mass is 297 g/mol. The highest BCUT2D eigenvalue weighted by atomic mass is 32.1. The van der Waals surface area contributed by atoms with Crippen LogP contribution in [0.4, 0.5) is 5.13 Å². The van der Waals surface area contributed by atoms with E-state index in [9.17, 15) is 0 Å². The van der Waals surface area contributed by atoms with Crippen LogP contribution in [0.2, 0.25) is 0 Å². The summed E-state index contributed by atoms with van der Waals surface area (Å²) in [6.45, 7) is 6.31. The van der Waals surface area contributed by atoms with Gasteiger partial charge in [-0.3, -0.25) is 9.67 Å². The predicted molar refractivity (Wildman–Crippen MR) is 82.6 cm³/mol. The van der Waals surface area contributed by atoms with Crippen LogP contribution in [0.15, 0.2) is 0 Å². The molecular formula is C12H19N5S2. The SMILES string of the molecule is CCC(C)n1c(-c2sc(N(C)C)nc2C)n[nH]c1=S. The van der Waals surface area contributed by atoms with Crippen molar-refractivity contribution in [2.45, 2.75) is 33.2 Å². The lowest BCUT2D eigenvalue weighted by molar-refractivity contribution is 0.529. The zero-order valence-corrected chi connectivity index (χ0v) is 13.5. The van der Waals surface area contributed by atoms with Crippen molar-refractivity contribution >= 4 is 28.7 Å². The van der Waals surface area contributed by atoms with Crippen molar-refractivity contribution in [3.8, 4) is 10.7 Å². The van der Waals surface area contributed by atoms with Gasteiger partial charge in [-0.2, -0.15) is 5.10 Å². The Morgan fingerprint density at radius 2 is 2.16 bits per heavy atom. The van der Waals surface area contributed by atoms with Crippen LogP contribution in [0, 0.1) is 11.7 Å². The van der Waals surface area contributed by atoms with Crippen LogP contribution < -0.4 is 4.90 Å². The van der Waals surface area contributed by atoms with Crippen LogP contribution >= 0.6 is 23.6 Å². The molecule has 2 heterocycles. The second-order valence-electron chi connectivity index (χ2n) is 4.79. The molecule has 0 aromatic carbocycles. The van der Waals surface area contributed by atoms with E-state index in [0.29, 0.717) is 10.8 Å². The average molecular weight is 297 g/mol. The van der Waals surface area contributed by atoms with E-state index < -0.39 is 0 Å². The summed E-state index contributed by atoms with van der Waals surface area (Å²) in [5.41, 5.74) is 0.993. The number of nitrogens with one attached hydrogen (secondary N) is 1. The molecule has 0 saturated heterocycles. The van der Waals surface area contributed by atoms with Gasteiger partial charge in [0.25, 0.3) is 0 Å². The molecule has 1 atom stereocenters. The lowest BCUT2D eigenvalue weighted by atomic mass is 10.2. The fourth-order valence-corrected chi connectivity index (χ4v) is 3.13. The summed E-state index contributed by atoms with van der Waals surface area (Å²) < 4.78 is 2.75. The molecule has 0 bridgehead atoms. The van der Waals surface area contributed by atoms with E-state index in [-0.39, 0.29) is 0 Å². The Balaban J connectivity index is 2.56. The third kappa shape index (κ3) is 2.57. The molecule has 1 unspecified atom stereocenters. The first-order valence-electron chi connectivity index (χ1n) is 6.27. The second-order valence-corrected chi connectivity index (χ2v) is 6.15. The molecule has 7 heteroatoms. The van der Waals surface area contributed by atoms with E-state index in [0.717, 1.165) is 27.9 Å². The topological polar surface area (TPSA) is 49.7 Å². The van der Waals surface area contributed by atoms with Crippen molar-refractivity contribution in [3.05, 3.63) is 10.5 Å². The Hall–Kier alpha value is -1.21. The third-order valence-corrected chi connectivity index (χ3v) is 4.72. The minimum absolute atomic E-state index is 0.325. The molecule has 0 aliphatic carbocycles. The summed E-state index contributed by atoms with van der Waals surface area (Å²) >= 11 is 6.98. The van der Waals surface area contributed by atoms with Gasteiger partial charge in [0.05, 0.1) is 10.6 Å². The number of rotatable bonds is 4. The normalized spacial score (nSPS) is 12.7. The van der Waals surface area contributed by atoms with E-state index >= 15 is 0 Å². The Morgan fingerprint density at radius 3 is 2.68 bits per heavy atom. The summed E-state index contributed by atoms with van der Waals surface area (Å²) in [4.78, 5) is 7.66. The van der Waals surface area contributed by atoms with Gasteiger partial charge in [-0.25, -0.2) is 4.98 Å². The first-order valence-corrected chi connectivity index (χ1v) is 7.50. The minimum atomic E-state index is 0.325. The molecule has 0 saturated carbocycles. The van der Waals surface area contributed by atoms with E-state index in [1.165, 1.54) is 0 Å². The van der Waals surface area contributed by atoms with Crippen LogP contribution in [0.3, 0.4) is 0 Å². The maximum Gasteiger partial charge on any atom is 0.195 e. The zero-order chi connectivity index (χ0) is 14.2. The first-order chi connectivity index (χ1) is 8.95. The smallest absolute Gasteiger partial charge is 0.195 e. The van der Waals surface area contributed by atoms with Gasteiger partial charge < -0.3 is 4.90 Å². The second kappa shape index (κ2) is 5.42. The van der Waals surface area contributed by atoms with E-state index in [1.807, 2.05) is 25.9 Å². The molecule has 2 aromatic rings. The first kappa shape index (κ1) is 14.2. The molecule has 104 valence electrons. The van der Waals surface area contributed by atoms with Crippen LogP contribution in [-0.2, 0) is 0 Å². The van der Waals surface area contributed by atoms with Gasteiger partial charge in [0.1, 0.15) is 0 Å². The molecule has 19 heavy (non-hydrogen) atoms. The number of hydrogen-bond acceptors (Lipinski definition) is 5. The number of aromatic nitrogens is 4. The summed E-state index contributed by atoms with van der Waals surface area (Å²) in [6, 6.07) is 0.325. The highest BCUT2D eigenvalue weighted by molar-refractivity contribution is 7.71. The largest absolute Gasteiger partial charge is 0.354 e. The standard InChI is InChI=1S/C12H19N5S2/c1-6-7(2)17-10(14-15-11(17)18)9-8(3)13-12(19-9)16(4)5/h7H,6H2,1-5H3,(H,15,18). The molecule has 0 aliphatic rings. The van der Waals surface area contributed by atoms with Crippen molar-refractivity contribution in [3.63, 3.8) is 0 Å². The lowest BCUT2D eigenvalue weighted by Crippen LogP contribution is -2.07. The van der Waals surface area contributed by atoms with Gasteiger partial charge in [0.2, 0.25) is 0 Å². The summed E-state index contributed by atoms with van der Waals surface area (Å²) in [7, 11) is 3.99. The fourth-order valence-electron chi connectivity index (χ4n) is 1.84. The number of anilines is 1. The Labute approximate surface area is 122 Å². The van der Waals surface area contributed by atoms with Gasteiger partial charge in [-0.05, 0) is 32.5 Å². The van der Waals surface area contributed by atoms with E-state index in [1.54, 1.807) is 11.3 Å². The van der Waals surface area contributed by atoms with Crippen LogP contribution in [0.5, 0.6) is 0 Å². The lowest BCUT2D eigenvalue weighted by Gasteiger charge is -2.12. The number of aromatic amines is 1. The zero-order valence-electron chi connectivity index (χ0n) is 11.9. The maximum atomic E-state index is 5.34. The van der Waals surface area contributed by atoms with Gasteiger partial charge in [-0.1, -0.05) is 18.3 Å². The molecule has 0 spiro atoms. The van der Waals surface area contributed by atoms with Gasteiger partial charge >= 0.3 is 0 Å². The fraction of sp³-hybridized carbons (Fsp3) is 0.583. The van der Waals surface area contributed by atoms with Crippen molar-refractivity contribution in [2.24, 2.45) is 0 Å². The molecule has 5 nitrogen and oxygen atoms in total. The predicted octanol–water partition coefficient (Wildman–Crippen LogP) is 3.41. The number of thiazole rings is 1. The van der Waals surface area contributed by atoms with Gasteiger partial charge in [0, 0.05) is 20.1 Å². The molecule has 2 rings (SSSR count). The average Bonchev–Trinajstić information content (AvgIpc) is 2.91. The number of nitrogens with zero attached hydrogens (tertiary/aromatic N) is 4. The molecule has 2 aromatic heterocycles. The van der Waals surface area contributed by atoms with Crippen LogP contribution in [0.1, 0.15) is 32.0 Å². The molecule has 0 amide bonds. The summed E-state index contributed by atoms with van der Waals surface area (Å²) in [5, 5.41) is 8.27. The maximum absolute atomic E-state index is 5.34. The number of aryl methyl sites for hydroxylation is 1. The van der Waals surface area contributed by atoms with Crippen molar-refractivity contribution in [1.82, 2.24) is 19.7 Å². The van der Waals surface area contributed by atoms with E-state index in [4.69, 9.17) is 12.2 Å². The highest BCUT2D eigenvalue weighted by Crippen LogP contribution is 2.34. The third-order valence-electron chi connectivity index (χ3n) is 3.11. The van der Waals surface area contributed by atoms with Crippen molar-refractivity contribution in [1.29, 1.82) is 0 Å². The molecule has 0 fully saturated rings. The molecule has 0 aliphatic heterocycles. The quantitative estimate of drug-likeness (QED) is 0.879. The van der Waals surface area contributed by atoms with E-state index in [2.05, 4.69) is 33.6 Å². The Kier molecular flexibility index (Phi) is 4.05. The number of H-pyrrole nitrogens is 1. The van der Waals surface area contributed by atoms with Gasteiger partial charge in [0.15, 0.2) is 15.7 Å². The molecular weight excluding hydrogens is 278 g/mol. The van der Waals surface area contributed by atoms with Crippen LogP contribution in [-0.4, -0.2) is 33.8 Å². The van der Waals surface area contributed by atoms with Gasteiger partial charge in [-0.15, -0.1) is 0 Å². The number of hydrogen-bond donors (Lipinski definition) is 1. The molecule has 0 radical (unpaired) electrons. The summed E-state index contributed by atoms with van der Waals surface area (Å²) in [5.74, 6) is 0.891. The van der Waals surface area contributed by atoms with Crippen molar-refractivity contribution in [2.75, 3.05) is 19.0 Å². The van der Waals surface area contributed by atoms with Crippen LogP contribution in [0.25, 0.3) is 10.7 Å². The summed E-state index contributed by atoms with van der Waals surface area (Å²) in [6.07, 6.45) is 1.01. The van der Waals surface area contributed by atoms with Crippen molar-refractivity contribution < 1.29 is 0 Å². The Morgan fingerprint density at radius 1 is 1.47 bits per heavy atom.